The van der Waals surface area contributed by atoms with Crippen molar-refractivity contribution in [2.24, 2.45) is 0 Å². The van der Waals surface area contributed by atoms with Crippen LogP contribution in [0, 0.1) is 0 Å². The molecule has 1 saturated heterocycles. The molecular formula is C18H22N4O4. The van der Waals surface area contributed by atoms with Crippen LogP contribution in [0.4, 0.5) is 5.95 Å². The minimum atomic E-state index is -0.793. The molecule has 8 heteroatoms. The maximum absolute atomic E-state index is 12.0. The largest absolute Gasteiger partial charge is 0.497 e. The average molecular weight is 358 g/mol. The van der Waals surface area contributed by atoms with Gasteiger partial charge in [-0.25, -0.2) is 9.78 Å². The minimum Gasteiger partial charge on any atom is -0.497 e. The molecule has 1 aromatic heterocycles. The molecule has 0 spiro atoms. The molecule has 0 radical (unpaired) electrons. The van der Waals surface area contributed by atoms with E-state index in [4.69, 9.17) is 9.47 Å². The Hall–Kier alpha value is -3.03. The van der Waals surface area contributed by atoms with E-state index in [1.165, 1.54) is 4.90 Å². The molecule has 3 rings (SSSR count). The van der Waals surface area contributed by atoms with Gasteiger partial charge >= 0.3 is 11.9 Å². The van der Waals surface area contributed by atoms with Crippen molar-refractivity contribution >= 4 is 17.8 Å². The van der Waals surface area contributed by atoms with Gasteiger partial charge in [-0.1, -0.05) is 6.07 Å². The Labute approximate surface area is 151 Å². The highest BCUT2D eigenvalue weighted by Crippen LogP contribution is 2.22. The van der Waals surface area contributed by atoms with E-state index in [0.29, 0.717) is 26.2 Å². The lowest BCUT2D eigenvalue weighted by molar-refractivity contribution is -0.160. The van der Waals surface area contributed by atoms with Crippen molar-refractivity contribution in [2.75, 3.05) is 44.8 Å². The molecule has 138 valence electrons. The maximum Gasteiger partial charge on any atom is 0.397 e. The molecular weight excluding hydrogens is 336 g/mol. The van der Waals surface area contributed by atoms with Crippen LogP contribution in [0.2, 0.25) is 0 Å². The molecule has 2 aromatic rings. The molecule has 8 nitrogen and oxygen atoms in total. The van der Waals surface area contributed by atoms with Crippen molar-refractivity contribution in [3.05, 3.63) is 36.7 Å². The van der Waals surface area contributed by atoms with Crippen molar-refractivity contribution < 1.29 is 19.1 Å². The van der Waals surface area contributed by atoms with E-state index in [-0.39, 0.29) is 6.61 Å². The van der Waals surface area contributed by atoms with Crippen LogP contribution < -0.4 is 9.64 Å². The number of imidazole rings is 1. The molecule has 0 atom stereocenters. The fourth-order valence-corrected chi connectivity index (χ4v) is 2.92. The number of nitrogens with zero attached hydrogens (tertiary/aromatic N) is 4. The Morgan fingerprint density at radius 2 is 1.96 bits per heavy atom. The van der Waals surface area contributed by atoms with Crippen LogP contribution in [-0.2, 0) is 14.3 Å². The van der Waals surface area contributed by atoms with Gasteiger partial charge in [-0.15, -0.1) is 0 Å². The van der Waals surface area contributed by atoms with Crippen LogP contribution in [0.3, 0.4) is 0 Å². The third-order valence-electron chi connectivity index (χ3n) is 4.25. The van der Waals surface area contributed by atoms with Crippen molar-refractivity contribution in [2.45, 2.75) is 6.92 Å². The van der Waals surface area contributed by atoms with Crippen LogP contribution >= 0.6 is 0 Å². The van der Waals surface area contributed by atoms with Gasteiger partial charge < -0.3 is 19.3 Å². The molecule has 0 bridgehead atoms. The molecule has 0 saturated carbocycles. The topological polar surface area (TPSA) is 76.9 Å². The van der Waals surface area contributed by atoms with E-state index in [9.17, 15) is 9.59 Å². The number of amides is 1. The van der Waals surface area contributed by atoms with Crippen molar-refractivity contribution in [1.29, 1.82) is 0 Å². The Morgan fingerprint density at radius 3 is 2.65 bits per heavy atom. The second-order valence-corrected chi connectivity index (χ2v) is 5.80. The maximum atomic E-state index is 12.0. The van der Waals surface area contributed by atoms with Crippen LogP contribution in [0.15, 0.2) is 36.7 Å². The number of carbonyl (C=O) groups excluding carboxylic acids is 2. The van der Waals surface area contributed by atoms with E-state index < -0.39 is 11.9 Å². The summed E-state index contributed by atoms with van der Waals surface area (Å²) in [5.74, 6) is 0.190. The molecule has 26 heavy (non-hydrogen) atoms. The third-order valence-corrected chi connectivity index (χ3v) is 4.25. The van der Waals surface area contributed by atoms with E-state index in [1.807, 2.05) is 35.0 Å². The first-order chi connectivity index (χ1) is 12.6. The first-order valence-electron chi connectivity index (χ1n) is 8.52. The minimum absolute atomic E-state index is 0.197. The normalized spacial score (nSPS) is 14.2. The summed E-state index contributed by atoms with van der Waals surface area (Å²) in [6, 6.07) is 7.73. The predicted molar refractivity (Wildman–Crippen MR) is 95.5 cm³/mol. The first kappa shape index (κ1) is 17.8. The fourth-order valence-electron chi connectivity index (χ4n) is 2.92. The molecule has 0 aliphatic carbocycles. The van der Waals surface area contributed by atoms with Gasteiger partial charge in [-0.05, 0) is 19.1 Å². The van der Waals surface area contributed by atoms with Crippen LogP contribution in [0.5, 0.6) is 5.75 Å². The quantitative estimate of drug-likeness (QED) is 0.602. The van der Waals surface area contributed by atoms with Gasteiger partial charge in [0.25, 0.3) is 0 Å². The highest BCUT2D eigenvalue weighted by molar-refractivity contribution is 6.32. The van der Waals surface area contributed by atoms with Gasteiger partial charge in [-0.3, -0.25) is 9.36 Å². The second-order valence-electron chi connectivity index (χ2n) is 5.80. The summed E-state index contributed by atoms with van der Waals surface area (Å²) in [6.45, 7) is 3.95. The van der Waals surface area contributed by atoms with E-state index in [2.05, 4.69) is 9.88 Å². The number of anilines is 1. The van der Waals surface area contributed by atoms with Gasteiger partial charge in [0.15, 0.2) is 0 Å². The average Bonchev–Trinajstić information content (AvgIpc) is 3.17. The first-order valence-corrected chi connectivity index (χ1v) is 8.52. The lowest BCUT2D eigenvalue weighted by atomic mass is 10.3. The lowest BCUT2D eigenvalue weighted by Gasteiger charge is -2.34. The summed E-state index contributed by atoms with van der Waals surface area (Å²) in [6.07, 6.45) is 3.63. The van der Waals surface area contributed by atoms with Gasteiger partial charge in [0.1, 0.15) is 5.75 Å². The van der Waals surface area contributed by atoms with Gasteiger partial charge in [-0.2, -0.15) is 0 Å². The zero-order valence-electron chi connectivity index (χ0n) is 14.9. The van der Waals surface area contributed by atoms with Crippen LogP contribution in [0.25, 0.3) is 5.69 Å². The number of hydrogen-bond donors (Lipinski definition) is 0. The Kier molecular flexibility index (Phi) is 5.40. The van der Waals surface area contributed by atoms with Crippen molar-refractivity contribution in [1.82, 2.24) is 14.5 Å². The smallest absolute Gasteiger partial charge is 0.397 e. The van der Waals surface area contributed by atoms with E-state index in [1.54, 1.807) is 20.2 Å². The number of piperazine rings is 1. The van der Waals surface area contributed by atoms with Gasteiger partial charge in [0.05, 0.1) is 19.4 Å². The Morgan fingerprint density at radius 1 is 1.19 bits per heavy atom. The third kappa shape index (κ3) is 3.63. The summed E-state index contributed by atoms with van der Waals surface area (Å²) >= 11 is 0. The number of rotatable bonds is 4. The SMILES string of the molecule is CCOC(=O)C(=O)N1CCN(c2nccn2-c2cccc(OC)c2)CC1. The van der Waals surface area contributed by atoms with Crippen molar-refractivity contribution in [3.63, 3.8) is 0 Å². The van der Waals surface area contributed by atoms with Crippen LogP contribution in [-0.4, -0.2) is 66.2 Å². The predicted octanol–water partition coefficient (Wildman–Crippen LogP) is 1.09. The number of esters is 1. The summed E-state index contributed by atoms with van der Waals surface area (Å²) in [4.78, 5) is 31.7. The molecule has 1 amide bonds. The second kappa shape index (κ2) is 7.90. The van der Waals surface area contributed by atoms with E-state index >= 15 is 0 Å². The number of aromatic nitrogens is 2. The highest BCUT2D eigenvalue weighted by Gasteiger charge is 2.28. The van der Waals surface area contributed by atoms with E-state index in [0.717, 1.165) is 17.4 Å². The fraction of sp³-hybridized carbons (Fsp3) is 0.389. The number of carbonyl (C=O) groups is 2. The Bertz CT molecular complexity index is 781. The van der Waals surface area contributed by atoms with Crippen LogP contribution in [0.1, 0.15) is 6.92 Å². The van der Waals surface area contributed by atoms with Gasteiger partial charge in [0.2, 0.25) is 5.95 Å². The molecule has 1 aliphatic rings. The molecule has 0 unspecified atom stereocenters. The summed E-state index contributed by atoms with van der Waals surface area (Å²) < 4.78 is 12.0. The summed E-state index contributed by atoms with van der Waals surface area (Å²) in [7, 11) is 1.63. The standard InChI is InChI=1S/C18H22N4O4/c1-3-26-17(24)16(23)20-9-11-21(12-10-20)18-19-7-8-22(18)14-5-4-6-15(13-14)25-2/h4-8,13H,3,9-12H2,1-2H3. The molecule has 1 fully saturated rings. The van der Waals surface area contributed by atoms with Crippen molar-refractivity contribution in [3.8, 4) is 11.4 Å². The lowest BCUT2D eigenvalue weighted by Crippen LogP contribution is -2.51. The molecule has 1 aromatic carbocycles. The molecule has 2 heterocycles. The number of benzene rings is 1. The van der Waals surface area contributed by atoms with Gasteiger partial charge in [0, 0.05) is 44.6 Å². The zero-order chi connectivity index (χ0) is 18.5. The Balaban J connectivity index is 1.70. The number of methoxy groups -OCH3 is 1. The zero-order valence-corrected chi connectivity index (χ0v) is 14.9. The summed E-state index contributed by atoms with van der Waals surface area (Å²) in [5, 5.41) is 0. The monoisotopic (exact) mass is 358 g/mol. The molecule has 1 aliphatic heterocycles. The number of hydrogen-bond acceptors (Lipinski definition) is 6. The summed E-state index contributed by atoms with van der Waals surface area (Å²) in [5.41, 5.74) is 0.946. The number of ether oxygens (including phenoxy) is 2. The highest BCUT2D eigenvalue weighted by atomic mass is 16.5. The molecule has 0 N–H and O–H groups in total.